The first-order valence-electron chi connectivity index (χ1n) is 5.47. The van der Waals surface area contributed by atoms with E-state index in [4.69, 9.17) is 4.74 Å². The van der Waals surface area contributed by atoms with Gasteiger partial charge in [0.15, 0.2) is 0 Å². The van der Waals surface area contributed by atoms with Gasteiger partial charge in [0.25, 0.3) is 0 Å². The molecular formula is C11H17N3O. The lowest BCUT2D eigenvalue weighted by Gasteiger charge is -2.21. The predicted molar refractivity (Wildman–Crippen MR) is 57.9 cm³/mol. The Morgan fingerprint density at radius 2 is 2.00 bits per heavy atom. The summed E-state index contributed by atoms with van der Waals surface area (Å²) in [6.07, 6.45) is 5.94. The van der Waals surface area contributed by atoms with Gasteiger partial charge in [-0.1, -0.05) is 0 Å². The summed E-state index contributed by atoms with van der Waals surface area (Å²) in [6, 6.07) is 0.499. The van der Waals surface area contributed by atoms with Gasteiger partial charge in [-0.05, 0) is 44.3 Å². The Hall–Kier alpha value is -1.16. The maximum absolute atomic E-state index is 5.55. The van der Waals surface area contributed by atoms with E-state index in [0.29, 0.717) is 11.9 Å². The van der Waals surface area contributed by atoms with Crippen molar-refractivity contribution >= 4 is 0 Å². The van der Waals surface area contributed by atoms with Crippen LogP contribution in [0.2, 0.25) is 0 Å². The highest BCUT2D eigenvalue weighted by Crippen LogP contribution is 2.12. The van der Waals surface area contributed by atoms with Crippen molar-refractivity contribution in [3.05, 3.63) is 18.0 Å². The van der Waals surface area contributed by atoms with Crippen LogP contribution in [0.5, 0.6) is 6.01 Å². The number of rotatable bonds is 3. The van der Waals surface area contributed by atoms with Gasteiger partial charge in [-0.2, -0.15) is 0 Å². The molecule has 0 radical (unpaired) electrons. The van der Waals surface area contributed by atoms with Gasteiger partial charge in [0, 0.05) is 12.4 Å². The van der Waals surface area contributed by atoms with Crippen molar-refractivity contribution in [2.75, 3.05) is 19.7 Å². The first-order chi connectivity index (χ1) is 7.34. The predicted octanol–water partition coefficient (Wildman–Crippen LogP) is 1.16. The molecule has 2 heterocycles. The third-order valence-electron chi connectivity index (χ3n) is 2.66. The molecule has 0 aromatic carbocycles. The molecule has 1 aliphatic rings. The van der Waals surface area contributed by atoms with Crippen LogP contribution in [0, 0.1) is 12.8 Å². The number of aromatic nitrogens is 2. The SMILES string of the molecule is Cc1cnc(OCC2CCNCC2)nc1. The molecule has 1 fully saturated rings. The monoisotopic (exact) mass is 207 g/mol. The van der Waals surface area contributed by atoms with Gasteiger partial charge >= 0.3 is 6.01 Å². The average molecular weight is 207 g/mol. The number of nitrogens with zero attached hydrogens (tertiary/aromatic N) is 2. The smallest absolute Gasteiger partial charge is 0.316 e. The normalized spacial score (nSPS) is 17.7. The molecule has 0 atom stereocenters. The minimum absolute atomic E-state index is 0.499. The maximum atomic E-state index is 5.55. The standard InChI is InChI=1S/C11H17N3O/c1-9-6-13-11(14-7-9)15-8-10-2-4-12-5-3-10/h6-7,10,12H,2-5,8H2,1H3. The van der Waals surface area contributed by atoms with Crippen molar-refractivity contribution in [1.29, 1.82) is 0 Å². The molecule has 0 bridgehead atoms. The van der Waals surface area contributed by atoms with Crippen LogP contribution in [-0.4, -0.2) is 29.7 Å². The van der Waals surface area contributed by atoms with E-state index in [0.717, 1.165) is 25.3 Å². The fraction of sp³-hybridized carbons (Fsp3) is 0.636. The topological polar surface area (TPSA) is 47.0 Å². The number of ether oxygens (including phenoxy) is 1. The zero-order valence-corrected chi connectivity index (χ0v) is 9.07. The summed E-state index contributed by atoms with van der Waals surface area (Å²) < 4.78 is 5.55. The van der Waals surface area contributed by atoms with E-state index in [1.807, 2.05) is 6.92 Å². The Balaban J connectivity index is 1.79. The molecule has 1 N–H and O–H groups in total. The Morgan fingerprint density at radius 1 is 1.33 bits per heavy atom. The van der Waals surface area contributed by atoms with E-state index in [1.54, 1.807) is 12.4 Å². The highest BCUT2D eigenvalue weighted by molar-refractivity contribution is 5.04. The van der Waals surface area contributed by atoms with Crippen LogP contribution in [-0.2, 0) is 0 Å². The summed E-state index contributed by atoms with van der Waals surface area (Å²) in [4.78, 5) is 8.23. The lowest BCUT2D eigenvalue weighted by Crippen LogP contribution is -2.30. The molecule has 82 valence electrons. The molecule has 1 saturated heterocycles. The third kappa shape index (κ3) is 3.16. The summed E-state index contributed by atoms with van der Waals surface area (Å²) in [6.45, 7) is 4.91. The second kappa shape index (κ2) is 5.07. The minimum atomic E-state index is 0.499. The maximum Gasteiger partial charge on any atom is 0.316 e. The highest BCUT2D eigenvalue weighted by atomic mass is 16.5. The van der Waals surface area contributed by atoms with E-state index >= 15 is 0 Å². The van der Waals surface area contributed by atoms with E-state index in [9.17, 15) is 0 Å². The molecule has 0 spiro atoms. The van der Waals surface area contributed by atoms with Crippen molar-refractivity contribution in [2.24, 2.45) is 5.92 Å². The Bertz CT molecular complexity index is 293. The van der Waals surface area contributed by atoms with E-state index in [-0.39, 0.29) is 0 Å². The summed E-state index contributed by atoms with van der Waals surface area (Å²) >= 11 is 0. The molecule has 0 saturated carbocycles. The van der Waals surface area contributed by atoms with Crippen LogP contribution < -0.4 is 10.1 Å². The lowest BCUT2D eigenvalue weighted by molar-refractivity contribution is 0.202. The molecule has 1 aliphatic heterocycles. The van der Waals surface area contributed by atoms with Crippen LogP contribution in [0.1, 0.15) is 18.4 Å². The van der Waals surface area contributed by atoms with Gasteiger partial charge in [0.05, 0.1) is 6.61 Å². The van der Waals surface area contributed by atoms with Crippen molar-refractivity contribution < 1.29 is 4.74 Å². The quantitative estimate of drug-likeness (QED) is 0.808. The van der Waals surface area contributed by atoms with Gasteiger partial charge < -0.3 is 10.1 Å². The van der Waals surface area contributed by atoms with Crippen molar-refractivity contribution in [2.45, 2.75) is 19.8 Å². The summed E-state index contributed by atoms with van der Waals surface area (Å²) in [5, 5.41) is 3.33. The second-order valence-corrected chi connectivity index (χ2v) is 4.05. The largest absolute Gasteiger partial charge is 0.463 e. The summed E-state index contributed by atoms with van der Waals surface area (Å²) in [7, 11) is 0. The fourth-order valence-corrected chi connectivity index (χ4v) is 1.70. The number of hydrogen-bond donors (Lipinski definition) is 1. The third-order valence-corrected chi connectivity index (χ3v) is 2.66. The molecule has 0 unspecified atom stereocenters. The number of piperidine rings is 1. The molecule has 2 rings (SSSR count). The molecule has 1 aromatic heterocycles. The van der Waals surface area contributed by atoms with Crippen molar-refractivity contribution in [3.63, 3.8) is 0 Å². The van der Waals surface area contributed by atoms with Crippen LogP contribution in [0.25, 0.3) is 0 Å². The lowest BCUT2D eigenvalue weighted by atomic mass is 9.99. The first-order valence-corrected chi connectivity index (χ1v) is 5.47. The zero-order valence-electron chi connectivity index (χ0n) is 9.07. The van der Waals surface area contributed by atoms with E-state index in [1.165, 1.54) is 12.8 Å². The van der Waals surface area contributed by atoms with E-state index in [2.05, 4.69) is 15.3 Å². The number of nitrogens with one attached hydrogen (secondary N) is 1. The fourth-order valence-electron chi connectivity index (χ4n) is 1.70. The van der Waals surface area contributed by atoms with Gasteiger partial charge in [-0.15, -0.1) is 0 Å². The average Bonchev–Trinajstić information content (AvgIpc) is 2.30. The molecule has 4 nitrogen and oxygen atoms in total. The molecule has 0 amide bonds. The molecular weight excluding hydrogens is 190 g/mol. The Labute approximate surface area is 90.1 Å². The molecule has 0 aliphatic carbocycles. The molecule has 4 heteroatoms. The highest BCUT2D eigenvalue weighted by Gasteiger charge is 2.13. The zero-order chi connectivity index (χ0) is 10.5. The Kier molecular flexibility index (Phi) is 3.50. The van der Waals surface area contributed by atoms with Crippen molar-refractivity contribution in [3.8, 4) is 6.01 Å². The van der Waals surface area contributed by atoms with Crippen LogP contribution in [0.15, 0.2) is 12.4 Å². The van der Waals surface area contributed by atoms with Gasteiger partial charge in [-0.3, -0.25) is 0 Å². The summed E-state index contributed by atoms with van der Waals surface area (Å²) in [5.41, 5.74) is 1.06. The van der Waals surface area contributed by atoms with Gasteiger partial charge in [0.1, 0.15) is 0 Å². The van der Waals surface area contributed by atoms with Crippen LogP contribution in [0.4, 0.5) is 0 Å². The molecule has 15 heavy (non-hydrogen) atoms. The second-order valence-electron chi connectivity index (χ2n) is 4.05. The van der Waals surface area contributed by atoms with E-state index < -0.39 is 0 Å². The molecule has 1 aromatic rings. The van der Waals surface area contributed by atoms with Crippen LogP contribution in [0.3, 0.4) is 0 Å². The Morgan fingerprint density at radius 3 is 2.67 bits per heavy atom. The van der Waals surface area contributed by atoms with Crippen molar-refractivity contribution in [1.82, 2.24) is 15.3 Å². The van der Waals surface area contributed by atoms with Gasteiger partial charge in [0.2, 0.25) is 0 Å². The van der Waals surface area contributed by atoms with Crippen LogP contribution >= 0.6 is 0 Å². The first kappa shape index (κ1) is 10.4. The minimum Gasteiger partial charge on any atom is -0.463 e. The number of aryl methyl sites for hydroxylation is 1. The number of hydrogen-bond acceptors (Lipinski definition) is 4. The summed E-state index contributed by atoms with van der Waals surface area (Å²) in [5.74, 6) is 0.649. The van der Waals surface area contributed by atoms with Gasteiger partial charge in [-0.25, -0.2) is 9.97 Å².